The van der Waals surface area contributed by atoms with Gasteiger partial charge in [0, 0.05) is 22.9 Å². The van der Waals surface area contributed by atoms with Crippen LogP contribution in [-0.4, -0.2) is 11.5 Å². The zero-order chi connectivity index (χ0) is 13.0. The van der Waals surface area contributed by atoms with Crippen molar-refractivity contribution in [3.05, 3.63) is 52.1 Å². The number of anilines is 2. The smallest absolute Gasteiger partial charge is 0.128 e. The van der Waals surface area contributed by atoms with Crippen LogP contribution in [0.15, 0.2) is 41.0 Å². The molecule has 0 atom stereocenters. The van der Waals surface area contributed by atoms with Crippen LogP contribution < -0.4 is 11.1 Å². The molecule has 0 aliphatic rings. The van der Waals surface area contributed by atoms with Crippen LogP contribution in [0.5, 0.6) is 0 Å². The highest BCUT2D eigenvalue weighted by Crippen LogP contribution is 2.16. The van der Waals surface area contributed by atoms with E-state index in [4.69, 9.17) is 5.73 Å². The lowest BCUT2D eigenvalue weighted by atomic mass is 10.1. The number of nitrogen functional groups attached to an aromatic ring is 1. The average Bonchev–Trinajstić information content (AvgIpc) is 2.34. The highest BCUT2D eigenvalue weighted by atomic mass is 79.9. The number of hydrogen-bond acceptors (Lipinski definition) is 3. The fraction of sp³-hybridized carbons (Fsp3) is 0.214. The Morgan fingerprint density at radius 2 is 2.00 bits per heavy atom. The first-order valence-corrected chi connectivity index (χ1v) is 6.65. The molecule has 0 amide bonds. The van der Waals surface area contributed by atoms with Crippen molar-refractivity contribution < 1.29 is 0 Å². The number of halogens is 1. The average molecular weight is 306 g/mol. The Balaban J connectivity index is 1.90. The van der Waals surface area contributed by atoms with Gasteiger partial charge in [-0.05, 0) is 58.6 Å². The van der Waals surface area contributed by atoms with Crippen molar-refractivity contribution in [1.29, 1.82) is 0 Å². The van der Waals surface area contributed by atoms with E-state index in [1.54, 1.807) is 6.20 Å². The highest BCUT2D eigenvalue weighted by molar-refractivity contribution is 9.10. The molecule has 2 rings (SSSR count). The maximum absolute atomic E-state index is 5.65. The SMILES string of the molecule is Cc1cc(Br)cnc1NCCc1ccc(N)cc1. The molecule has 18 heavy (non-hydrogen) atoms. The largest absolute Gasteiger partial charge is 0.399 e. The summed E-state index contributed by atoms with van der Waals surface area (Å²) in [4.78, 5) is 4.35. The Morgan fingerprint density at radius 3 is 2.67 bits per heavy atom. The van der Waals surface area contributed by atoms with Crippen molar-refractivity contribution in [2.45, 2.75) is 13.3 Å². The van der Waals surface area contributed by atoms with Gasteiger partial charge in [0.15, 0.2) is 0 Å². The number of rotatable bonds is 4. The van der Waals surface area contributed by atoms with Gasteiger partial charge in [-0.25, -0.2) is 4.98 Å². The van der Waals surface area contributed by atoms with Gasteiger partial charge < -0.3 is 11.1 Å². The minimum atomic E-state index is 0.803. The van der Waals surface area contributed by atoms with E-state index in [1.165, 1.54) is 5.56 Å². The molecule has 94 valence electrons. The third-order valence-corrected chi connectivity index (χ3v) is 3.16. The fourth-order valence-electron chi connectivity index (χ4n) is 1.74. The number of aryl methyl sites for hydroxylation is 1. The van der Waals surface area contributed by atoms with Crippen LogP contribution in [-0.2, 0) is 6.42 Å². The molecule has 0 aliphatic heterocycles. The van der Waals surface area contributed by atoms with Crippen molar-refractivity contribution in [2.24, 2.45) is 0 Å². The van der Waals surface area contributed by atoms with Gasteiger partial charge in [-0.1, -0.05) is 12.1 Å². The Hall–Kier alpha value is -1.55. The molecule has 1 aromatic carbocycles. The predicted octanol–water partition coefficient (Wildman–Crippen LogP) is 3.39. The van der Waals surface area contributed by atoms with E-state index in [0.717, 1.165) is 34.5 Å². The lowest BCUT2D eigenvalue weighted by Gasteiger charge is -2.08. The van der Waals surface area contributed by atoms with Crippen LogP contribution in [0.4, 0.5) is 11.5 Å². The number of nitrogens with one attached hydrogen (secondary N) is 1. The van der Waals surface area contributed by atoms with Crippen molar-refractivity contribution in [3.8, 4) is 0 Å². The summed E-state index contributed by atoms with van der Waals surface area (Å²) in [5.41, 5.74) is 8.86. The van der Waals surface area contributed by atoms with E-state index in [1.807, 2.05) is 19.1 Å². The Kier molecular flexibility index (Phi) is 4.20. The van der Waals surface area contributed by atoms with E-state index in [9.17, 15) is 0 Å². The van der Waals surface area contributed by atoms with Gasteiger partial charge >= 0.3 is 0 Å². The van der Waals surface area contributed by atoms with Crippen LogP contribution in [0, 0.1) is 6.92 Å². The first-order valence-electron chi connectivity index (χ1n) is 5.85. The van der Waals surface area contributed by atoms with Gasteiger partial charge in [-0.15, -0.1) is 0 Å². The van der Waals surface area contributed by atoms with Crippen molar-refractivity contribution in [3.63, 3.8) is 0 Å². The summed E-state index contributed by atoms with van der Waals surface area (Å²) >= 11 is 3.41. The van der Waals surface area contributed by atoms with Crippen LogP contribution in [0.1, 0.15) is 11.1 Å². The van der Waals surface area contributed by atoms with Crippen LogP contribution in [0.2, 0.25) is 0 Å². The van der Waals surface area contributed by atoms with E-state index in [2.05, 4.69) is 44.4 Å². The number of hydrogen-bond donors (Lipinski definition) is 2. The summed E-state index contributed by atoms with van der Waals surface area (Å²) in [6, 6.07) is 10.0. The molecular weight excluding hydrogens is 290 g/mol. The molecule has 0 radical (unpaired) electrons. The standard InChI is InChI=1S/C14H16BrN3/c1-10-8-12(15)9-18-14(10)17-7-6-11-2-4-13(16)5-3-11/h2-5,8-9H,6-7,16H2,1H3,(H,17,18). The molecule has 1 heterocycles. The summed E-state index contributed by atoms with van der Waals surface area (Å²) in [5.74, 6) is 0.939. The molecule has 3 nitrogen and oxygen atoms in total. The minimum absolute atomic E-state index is 0.803. The molecular formula is C14H16BrN3. The first-order chi connectivity index (χ1) is 8.65. The second-order valence-corrected chi connectivity index (χ2v) is 5.15. The van der Waals surface area contributed by atoms with Crippen LogP contribution in [0.3, 0.4) is 0 Å². The molecule has 0 spiro atoms. The second-order valence-electron chi connectivity index (χ2n) is 4.24. The number of aromatic nitrogens is 1. The summed E-state index contributed by atoms with van der Waals surface area (Å²) in [5, 5.41) is 3.34. The highest BCUT2D eigenvalue weighted by Gasteiger charge is 2.00. The van der Waals surface area contributed by atoms with Gasteiger partial charge in [0.05, 0.1) is 0 Å². The predicted molar refractivity (Wildman–Crippen MR) is 79.7 cm³/mol. The van der Waals surface area contributed by atoms with Gasteiger partial charge in [-0.3, -0.25) is 0 Å². The Bertz CT molecular complexity index is 523. The maximum Gasteiger partial charge on any atom is 0.128 e. The second kappa shape index (κ2) is 5.87. The molecule has 0 saturated heterocycles. The summed E-state index contributed by atoms with van der Waals surface area (Å²) < 4.78 is 1.00. The van der Waals surface area contributed by atoms with Gasteiger partial charge in [0.2, 0.25) is 0 Å². The first kappa shape index (κ1) is 12.9. The van der Waals surface area contributed by atoms with E-state index < -0.39 is 0 Å². The molecule has 0 unspecified atom stereocenters. The van der Waals surface area contributed by atoms with Crippen LogP contribution in [0.25, 0.3) is 0 Å². The lowest BCUT2D eigenvalue weighted by molar-refractivity contribution is 1.00. The number of benzene rings is 1. The topological polar surface area (TPSA) is 50.9 Å². The molecule has 1 aromatic heterocycles. The fourth-order valence-corrected chi connectivity index (χ4v) is 2.18. The van der Waals surface area contributed by atoms with E-state index in [0.29, 0.717) is 0 Å². The molecule has 3 N–H and O–H groups in total. The maximum atomic E-state index is 5.65. The van der Waals surface area contributed by atoms with E-state index in [-0.39, 0.29) is 0 Å². The van der Waals surface area contributed by atoms with Crippen molar-refractivity contribution >= 4 is 27.4 Å². The van der Waals surface area contributed by atoms with Crippen LogP contribution >= 0.6 is 15.9 Å². The quantitative estimate of drug-likeness (QED) is 0.851. The molecule has 0 fully saturated rings. The molecule has 4 heteroatoms. The Morgan fingerprint density at radius 1 is 1.28 bits per heavy atom. The van der Waals surface area contributed by atoms with Gasteiger partial charge in [0.1, 0.15) is 5.82 Å². The van der Waals surface area contributed by atoms with Crippen molar-refractivity contribution in [1.82, 2.24) is 4.98 Å². The molecule has 0 saturated carbocycles. The minimum Gasteiger partial charge on any atom is -0.399 e. The normalized spacial score (nSPS) is 10.3. The number of pyridine rings is 1. The third kappa shape index (κ3) is 3.47. The zero-order valence-electron chi connectivity index (χ0n) is 10.3. The van der Waals surface area contributed by atoms with E-state index >= 15 is 0 Å². The summed E-state index contributed by atoms with van der Waals surface area (Å²) in [6.45, 7) is 2.91. The third-order valence-electron chi connectivity index (χ3n) is 2.73. The summed E-state index contributed by atoms with van der Waals surface area (Å²) in [6.07, 6.45) is 2.76. The van der Waals surface area contributed by atoms with Gasteiger partial charge in [-0.2, -0.15) is 0 Å². The van der Waals surface area contributed by atoms with Gasteiger partial charge in [0.25, 0.3) is 0 Å². The summed E-state index contributed by atoms with van der Waals surface area (Å²) in [7, 11) is 0. The lowest BCUT2D eigenvalue weighted by Crippen LogP contribution is -2.07. The zero-order valence-corrected chi connectivity index (χ0v) is 11.9. The van der Waals surface area contributed by atoms with Crippen molar-refractivity contribution in [2.75, 3.05) is 17.6 Å². The number of nitrogens with two attached hydrogens (primary N) is 1. The molecule has 0 aliphatic carbocycles. The monoisotopic (exact) mass is 305 g/mol. The number of nitrogens with zero attached hydrogens (tertiary/aromatic N) is 1. The Labute approximate surface area is 116 Å². The molecule has 0 bridgehead atoms. The molecule has 2 aromatic rings.